The lowest BCUT2D eigenvalue weighted by Crippen LogP contribution is -2.08. The largest absolute Gasteiger partial charge is 0.362 e. The molecule has 0 aliphatic rings. The minimum Gasteiger partial charge on any atom is -0.362 e. The van der Waals surface area contributed by atoms with E-state index in [-0.39, 0.29) is 0 Å². The SMILES string of the molecule is Cc1ccc2nnc(CNc3ncnc4c3cnn4C)n2n1. The molecule has 0 atom stereocenters. The summed E-state index contributed by atoms with van der Waals surface area (Å²) in [5.41, 5.74) is 2.40. The standard InChI is InChI=1S/C13H13N9/c1-8-3-4-10-18-19-11(22(10)20-8)6-14-12-9-5-17-21(2)13(9)16-7-15-12/h3-5,7H,6H2,1-2H3,(H,14,15,16). The van der Waals surface area contributed by atoms with Crippen molar-refractivity contribution in [3.63, 3.8) is 0 Å². The van der Waals surface area contributed by atoms with Gasteiger partial charge in [0, 0.05) is 7.05 Å². The molecule has 0 radical (unpaired) electrons. The van der Waals surface area contributed by atoms with Crippen LogP contribution in [-0.2, 0) is 13.6 Å². The van der Waals surface area contributed by atoms with Crippen LogP contribution < -0.4 is 5.32 Å². The van der Waals surface area contributed by atoms with Gasteiger partial charge in [-0.3, -0.25) is 4.68 Å². The summed E-state index contributed by atoms with van der Waals surface area (Å²) in [6.45, 7) is 2.39. The number of hydrogen-bond donors (Lipinski definition) is 1. The molecule has 0 spiro atoms. The molecule has 0 bridgehead atoms. The monoisotopic (exact) mass is 295 g/mol. The van der Waals surface area contributed by atoms with Crippen LogP contribution in [-0.4, -0.2) is 39.6 Å². The van der Waals surface area contributed by atoms with E-state index in [1.54, 1.807) is 15.4 Å². The molecule has 0 aromatic carbocycles. The van der Waals surface area contributed by atoms with Crippen molar-refractivity contribution in [2.75, 3.05) is 5.32 Å². The van der Waals surface area contributed by atoms with Gasteiger partial charge in [0.2, 0.25) is 0 Å². The van der Waals surface area contributed by atoms with Gasteiger partial charge < -0.3 is 5.32 Å². The second kappa shape index (κ2) is 4.72. The van der Waals surface area contributed by atoms with E-state index >= 15 is 0 Å². The summed E-state index contributed by atoms with van der Waals surface area (Å²) in [4.78, 5) is 8.48. The Morgan fingerprint density at radius 1 is 1.18 bits per heavy atom. The molecule has 9 heteroatoms. The van der Waals surface area contributed by atoms with E-state index in [9.17, 15) is 0 Å². The van der Waals surface area contributed by atoms with Gasteiger partial charge in [-0.15, -0.1) is 10.2 Å². The van der Waals surface area contributed by atoms with Gasteiger partial charge in [0.25, 0.3) is 0 Å². The number of nitrogens with zero attached hydrogens (tertiary/aromatic N) is 8. The Morgan fingerprint density at radius 2 is 2.09 bits per heavy atom. The first-order valence-corrected chi connectivity index (χ1v) is 6.77. The Labute approximate surface area is 125 Å². The van der Waals surface area contributed by atoms with Gasteiger partial charge in [0.05, 0.1) is 23.8 Å². The fourth-order valence-corrected chi connectivity index (χ4v) is 2.30. The second-order valence-electron chi connectivity index (χ2n) is 4.94. The van der Waals surface area contributed by atoms with Crippen LogP contribution in [0.4, 0.5) is 5.82 Å². The zero-order valence-electron chi connectivity index (χ0n) is 12.1. The summed E-state index contributed by atoms with van der Waals surface area (Å²) in [5, 5.41) is 21.0. The maximum absolute atomic E-state index is 4.42. The van der Waals surface area contributed by atoms with Crippen molar-refractivity contribution in [2.45, 2.75) is 13.5 Å². The average Bonchev–Trinajstić information content (AvgIpc) is 3.09. The number of aryl methyl sites for hydroxylation is 2. The molecule has 1 N–H and O–H groups in total. The number of rotatable bonds is 3. The van der Waals surface area contributed by atoms with Crippen molar-refractivity contribution >= 4 is 22.5 Å². The molecule has 0 unspecified atom stereocenters. The quantitative estimate of drug-likeness (QED) is 0.594. The van der Waals surface area contributed by atoms with Crippen molar-refractivity contribution in [3.8, 4) is 0 Å². The predicted molar refractivity (Wildman–Crippen MR) is 79.1 cm³/mol. The van der Waals surface area contributed by atoms with Crippen LogP contribution in [0.15, 0.2) is 24.7 Å². The van der Waals surface area contributed by atoms with E-state index in [1.165, 1.54) is 6.33 Å². The maximum atomic E-state index is 4.42. The normalized spacial score (nSPS) is 11.4. The lowest BCUT2D eigenvalue weighted by molar-refractivity contribution is 0.785. The average molecular weight is 295 g/mol. The summed E-state index contributed by atoms with van der Waals surface area (Å²) in [6, 6.07) is 3.80. The van der Waals surface area contributed by atoms with Crippen molar-refractivity contribution in [3.05, 3.63) is 36.2 Å². The number of fused-ring (bicyclic) bond motifs is 2. The van der Waals surface area contributed by atoms with E-state index < -0.39 is 0 Å². The molecule has 0 aliphatic carbocycles. The topological polar surface area (TPSA) is 98.7 Å². The van der Waals surface area contributed by atoms with Crippen LogP contribution in [0.2, 0.25) is 0 Å². The number of aromatic nitrogens is 8. The summed E-state index contributed by atoms with van der Waals surface area (Å²) >= 11 is 0. The van der Waals surface area contributed by atoms with Crippen molar-refractivity contribution in [2.24, 2.45) is 7.05 Å². The molecule has 0 saturated heterocycles. The first kappa shape index (κ1) is 12.6. The first-order chi connectivity index (χ1) is 10.7. The smallest absolute Gasteiger partial charge is 0.177 e. The highest BCUT2D eigenvalue weighted by Crippen LogP contribution is 2.18. The van der Waals surface area contributed by atoms with Gasteiger partial charge in [0.1, 0.15) is 12.1 Å². The minimum atomic E-state index is 0.457. The summed E-state index contributed by atoms with van der Waals surface area (Å²) in [6.07, 6.45) is 3.25. The fourth-order valence-electron chi connectivity index (χ4n) is 2.30. The van der Waals surface area contributed by atoms with E-state index in [0.29, 0.717) is 18.2 Å². The summed E-state index contributed by atoms with van der Waals surface area (Å²) < 4.78 is 3.43. The third-order valence-electron chi connectivity index (χ3n) is 3.40. The Balaban J connectivity index is 1.67. The van der Waals surface area contributed by atoms with Crippen molar-refractivity contribution < 1.29 is 0 Å². The van der Waals surface area contributed by atoms with Crippen molar-refractivity contribution in [1.82, 2.24) is 39.6 Å². The molecule has 0 amide bonds. The highest BCUT2D eigenvalue weighted by molar-refractivity contribution is 5.85. The van der Waals surface area contributed by atoms with Gasteiger partial charge in [-0.05, 0) is 19.1 Å². The Hall–Kier alpha value is -3.10. The molecular weight excluding hydrogens is 282 g/mol. The van der Waals surface area contributed by atoms with Gasteiger partial charge >= 0.3 is 0 Å². The number of hydrogen-bond acceptors (Lipinski definition) is 7. The van der Waals surface area contributed by atoms with Gasteiger partial charge in [0.15, 0.2) is 17.1 Å². The van der Waals surface area contributed by atoms with Gasteiger partial charge in [-0.1, -0.05) is 0 Å². The molecule has 4 aromatic heterocycles. The predicted octanol–water partition coefficient (Wildman–Crippen LogP) is 0.722. The Morgan fingerprint density at radius 3 is 3.00 bits per heavy atom. The van der Waals surface area contributed by atoms with E-state index in [1.807, 2.05) is 26.1 Å². The molecule has 4 aromatic rings. The third-order valence-corrected chi connectivity index (χ3v) is 3.40. The fraction of sp³-hybridized carbons (Fsp3) is 0.231. The summed E-state index contributed by atoms with van der Waals surface area (Å²) in [5.74, 6) is 1.43. The molecule has 4 rings (SSSR count). The maximum Gasteiger partial charge on any atom is 0.177 e. The zero-order chi connectivity index (χ0) is 15.1. The highest BCUT2D eigenvalue weighted by Gasteiger charge is 2.10. The lowest BCUT2D eigenvalue weighted by atomic mass is 10.4. The summed E-state index contributed by atoms with van der Waals surface area (Å²) in [7, 11) is 1.85. The van der Waals surface area contributed by atoms with Crippen LogP contribution in [0.1, 0.15) is 11.5 Å². The molecule has 0 saturated carbocycles. The first-order valence-electron chi connectivity index (χ1n) is 6.77. The molecule has 0 aliphatic heterocycles. The zero-order valence-corrected chi connectivity index (χ0v) is 12.1. The van der Waals surface area contributed by atoms with Crippen LogP contribution in [0.3, 0.4) is 0 Å². The minimum absolute atomic E-state index is 0.457. The van der Waals surface area contributed by atoms with Crippen LogP contribution >= 0.6 is 0 Å². The Kier molecular flexibility index (Phi) is 2.71. The molecule has 4 heterocycles. The molecule has 9 nitrogen and oxygen atoms in total. The van der Waals surface area contributed by atoms with Gasteiger partial charge in [-0.2, -0.15) is 14.7 Å². The molecule has 0 fully saturated rings. The van der Waals surface area contributed by atoms with E-state index in [0.717, 1.165) is 22.4 Å². The van der Waals surface area contributed by atoms with E-state index in [4.69, 9.17) is 0 Å². The molecule has 22 heavy (non-hydrogen) atoms. The van der Waals surface area contributed by atoms with Crippen LogP contribution in [0, 0.1) is 6.92 Å². The van der Waals surface area contributed by atoms with Crippen LogP contribution in [0.5, 0.6) is 0 Å². The lowest BCUT2D eigenvalue weighted by Gasteiger charge is -2.05. The molecular formula is C13H13N9. The van der Waals surface area contributed by atoms with Gasteiger partial charge in [-0.25, -0.2) is 9.97 Å². The second-order valence-corrected chi connectivity index (χ2v) is 4.94. The highest BCUT2D eigenvalue weighted by atomic mass is 15.4. The number of nitrogens with one attached hydrogen (secondary N) is 1. The van der Waals surface area contributed by atoms with E-state index in [2.05, 4.69) is 35.7 Å². The Bertz CT molecular complexity index is 968. The number of anilines is 1. The van der Waals surface area contributed by atoms with Crippen LogP contribution in [0.25, 0.3) is 16.7 Å². The van der Waals surface area contributed by atoms with Crippen molar-refractivity contribution in [1.29, 1.82) is 0 Å². The third kappa shape index (κ3) is 1.94. The molecule has 110 valence electrons.